The van der Waals surface area contributed by atoms with Crippen LogP contribution in [0.2, 0.25) is 5.02 Å². The smallest absolute Gasteiger partial charge is 0.355 e. The summed E-state index contributed by atoms with van der Waals surface area (Å²) in [4.78, 5) is 15.4. The van der Waals surface area contributed by atoms with Crippen LogP contribution >= 0.6 is 22.9 Å². The Hall–Kier alpha value is -3.71. The lowest BCUT2D eigenvalue weighted by molar-refractivity contribution is 0.0691. The van der Waals surface area contributed by atoms with E-state index in [1.165, 1.54) is 17.5 Å². The molecule has 0 spiro atoms. The number of sulfonamides is 1. The summed E-state index contributed by atoms with van der Waals surface area (Å²) in [5.74, 6) is -2.12. The number of rotatable bonds is 9. The maximum absolute atomic E-state index is 15.3. The zero-order valence-corrected chi connectivity index (χ0v) is 25.8. The summed E-state index contributed by atoms with van der Waals surface area (Å²) in [5, 5.41) is 22.1. The summed E-state index contributed by atoms with van der Waals surface area (Å²) < 4.78 is 55.6. The minimum atomic E-state index is -4.26. The van der Waals surface area contributed by atoms with Crippen LogP contribution in [0.5, 0.6) is 0 Å². The van der Waals surface area contributed by atoms with Crippen LogP contribution in [0.4, 0.5) is 8.78 Å². The molecule has 1 saturated carbocycles. The summed E-state index contributed by atoms with van der Waals surface area (Å²) in [7, 11) is -4.26. The molecule has 2 aromatic heterocycles. The van der Waals surface area contributed by atoms with Crippen LogP contribution in [-0.2, 0) is 28.3 Å². The van der Waals surface area contributed by atoms with Crippen molar-refractivity contribution in [2.75, 3.05) is 0 Å². The molecule has 0 amide bonds. The highest BCUT2D eigenvalue weighted by Crippen LogP contribution is 2.45. The molecule has 1 atom stereocenters. The van der Waals surface area contributed by atoms with E-state index >= 15 is 4.39 Å². The van der Waals surface area contributed by atoms with E-state index in [1.54, 1.807) is 35.0 Å². The monoisotopic (exact) mass is 656 g/mol. The zero-order chi connectivity index (χ0) is 31.4. The van der Waals surface area contributed by atoms with E-state index in [-0.39, 0.29) is 24.4 Å². The number of carboxylic acids is 1. The average molecular weight is 657 g/mol. The number of carbonyl (C=O) groups is 1. The van der Waals surface area contributed by atoms with Gasteiger partial charge in [0.1, 0.15) is 16.5 Å². The Morgan fingerprint density at radius 3 is 2.55 bits per heavy atom. The highest BCUT2D eigenvalue weighted by Gasteiger charge is 2.38. The Labute approximate surface area is 261 Å². The van der Waals surface area contributed by atoms with Gasteiger partial charge in [-0.05, 0) is 78.6 Å². The molecule has 0 aliphatic heterocycles. The summed E-state index contributed by atoms with van der Waals surface area (Å²) >= 11 is 7.22. The summed E-state index contributed by atoms with van der Waals surface area (Å²) in [6.07, 6.45) is 6.26. The van der Waals surface area contributed by atoms with Crippen molar-refractivity contribution in [3.63, 3.8) is 0 Å². The average Bonchev–Trinajstić information content (AvgIpc) is 3.51. The largest absolute Gasteiger partial charge is 0.476 e. The molecule has 1 unspecified atom stereocenters. The predicted molar refractivity (Wildman–Crippen MR) is 164 cm³/mol. The molecule has 2 aliphatic rings. The maximum Gasteiger partial charge on any atom is 0.355 e. The molecule has 1 fully saturated rings. The lowest BCUT2D eigenvalue weighted by atomic mass is 9.73. The number of aromatic carboxylic acids is 1. The highest BCUT2D eigenvalue weighted by molar-refractivity contribution is 7.89. The molecule has 228 valence electrons. The molecule has 2 heterocycles. The van der Waals surface area contributed by atoms with Gasteiger partial charge in [0.15, 0.2) is 5.69 Å². The fourth-order valence-corrected chi connectivity index (χ4v) is 7.05. The van der Waals surface area contributed by atoms with Crippen LogP contribution in [0.15, 0.2) is 70.7 Å². The molecule has 2 aliphatic carbocycles. The number of hydrogen-bond donors (Lipinski definition) is 2. The third kappa shape index (κ3) is 5.99. The molecule has 6 rings (SSSR count). The van der Waals surface area contributed by atoms with Crippen molar-refractivity contribution >= 4 is 44.5 Å². The first-order valence-electron chi connectivity index (χ1n) is 13.8. The van der Waals surface area contributed by atoms with Crippen molar-refractivity contribution in [2.45, 2.75) is 49.3 Å². The van der Waals surface area contributed by atoms with Crippen molar-refractivity contribution in [3.8, 4) is 5.13 Å². The number of thiazole rings is 1. The fourth-order valence-electron chi connectivity index (χ4n) is 5.56. The van der Waals surface area contributed by atoms with E-state index in [0.717, 1.165) is 47.6 Å². The highest BCUT2D eigenvalue weighted by atomic mass is 35.5. The molecule has 13 heteroatoms. The first-order chi connectivity index (χ1) is 20.8. The van der Waals surface area contributed by atoms with Gasteiger partial charge in [0.05, 0.1) is 11.4 Å². The van der Waals surface area contributed by atoms with E-state index in [0.29, 0.717) is 44.9 Å². The van der Waals surface area contributed by atoms with E-state index in [4.69, 9.17) is 21.8 Å². The van der Waals surface area contributed by atoms with Gasteiger partial charge in [0.2, 0.25) is 15.2 Å². The number of benzene rings is 2. The Morgan fingerprint density at radius 2 is 1.93 bits per heavy atom. The second-order valence-corrected chi connectivity index (χ2v) is 14.2. The third-order valence-corrected chi connectivity index (χ3v) is 10.0. The van der Waals surface area contributed by atoms with Crippen molar-refractivity contribution in [2.24, 2.45) is 11.1 Å². The molecule has 8 nitrogen and oxygen atoms in total. The van der Waals surface area contributed by atoms with Gasteiger partial charge in [-0.3, -0.25) is 0 Å². The molecule has 3 N–H and O–H groups in total. The van der Waals surface area contributed by atoms with Crippen molar-refractivity contribution in [3.05, 3.63) is 110 Å². The van der Waals surface area contributed by atoms with Crippen molar-refractivity contribution in [1.82, 2.24) is 14.8 Å². The predicted octanol–water partition coefficient (Wildman–Crippen LogP) is 6.61. The van der Waals surface area contributed by atoms with Gasteiger partial charge in [0.25, 0.3) is 0 Å². The Bertz CT molecular complexity index is 1960. The molecule has 0 bridgehead atoms. The second kappa shape index (κ2) is 11.3. The quantitative estimate of drug-likeness (QED) is 0.209. The topological polar surface area (TPSA) is 128 Å². The molecule has 44 heavy (non-hydrogen) atoms. The van der Waals surface area contributed by atoms with Gasteiger partial charge in [-0.1, -0.05) is 42.8 Å². The van der Waals surface area contributed by atoms with E-state index in [1.807, 2.05) is 6.92 Å². The second-order valence-electron chi connectivity index (χ2n) is 11.4. The number of nitrogens with zero attached hydrogens (tertiary/aromatic N) is 3. The normalized spacial score (nSPS) is 18.7. The van der Waals surface area contributed by atoms with Crippen LogP contribution in [0.1, 0.15) is 64.8 Å². The van der Waals surface area contributed by atoms with E-state index in [9.17, 15) is 22.7 Å². The zero-order valence-electron chi connectivity index (χ0n) is 23.4. The molecule has 0 saturated heterocycles. The van der Waals surface area contributed by atoms with Crippen LogP contribution in [0, 0.1) is 11.7 Å². The van der Waals surface area contributed by atoms with E-state index in [2.05, 4.69) is 4.98 Å². The SMILES string of the molecule is CC1(c2nn(-c3nc(C(=O)O)cs3)c(CC3CC3)c2Cc2ccc(S(N)(=O)=O)c(F)c2)C=CC(F)=C(c2ccc(Cl)cc2)C1. The van der Waals surface area contributed by atoms with Crippen molar-refractivity contribution < 1.29 is 27.1 Å². The number of aromatic nitrogens is 3. The number of allylic oxidation sites excluding steroid dienone is 4. The van der Waals surface area contributed by atoms with Gasteiger partial charge in [-0.25, -0.2) is 36.8 Å². The van der Waals surface area contributed by atoms with Gasteiger partial charge in [-0.15, -0.1) is 11.3 Å². The molecule has 2 aromatic carbocycles. The van der Waals surface area contributed by atoms with Crippen LogP contribution in [0.3, 0.4) is 0 Å². The summed E-state index contributed by atoms with van der Waals surface area (Å²) in [6.45, 7) is 1.94. The van der Waals surface area contributed by atoms with E-state index < -0.39 is 32.1 Å². The van der Waals surface area contributed by atoms with Crippen LogP contribution in [0.25, 0.3) is 10.7 Å². The summed E-state index contributed by atoms with van der Waals surface area (Å²) in [5.41, 5.74) is 2.86. The van der Waals surface area contributed by atoms with Gasteiger partial charge < -0.3 is 5.11 Å². The Kier molecular flexibility index (Phi) is 7.81. The third-order valence-electron chi connectivity index (χ3n) is 8.01. The number of hydrogen-bond acceptors (Lipinski definition) is 6. The number of carboxylic acid groups (broad SMARTS) is 1. The standard InChI is InChI=1S/C31H27ClF2N4O4S2/c1-31(11-10-23(33)22(15-31)19-5-7-20(32)8-6-19)28-21(12-18-4-9-27(24(34)13-18)44(35,41)42)26(14-17-2-3-17)38(37-28)30-36-25(16-43-30)29(39)40/h4-11,13,16-17H,2-3,12,14-15H2,1H3,(H,39,40)(H2,35,41,42). The molecular weight excluding hydrogens is 630 g/mol. The lowest BCUT2D eigenvalue weighted by Crippen LogP contribution is -2.25. The first kappa shape index (κ1) is 30.3. The van der Waals surface area contributed by atoms with Gasteiger partial charge in [0, 0.05) is 27.8 Å². The number of primary sulfonamides is 1. The molecule has 0 radical (unpaired) electrons. The molecular formula is C31H27ClF2N4O4S2. The Morgan fingerprint density at radius 1 is 1.20 bits per heavy atom. The van der Waals surface area contributed by atoms with Crippen LogP contribution < -0.4 is 5.14 Å². The van der Waals surface area contributed by atoms with Gasteiger partial charge >= 0.3 is 5.97 Å². The fraction of sp³-hybridized carbons (Fsp3) is 0.258. The molecule has 4 aromatic rings. The van der Waals surface area contributed by atoms with Crippen molar-refractivity contribution in [1.29, 1.82) is 0 Å². The summed E-state index contributed by atoms with van der Waals surface area (Å²) in [6, 6.07) is 10.7. The van der Waals surface area contributed by atoms with Crippen LogP contribution in [-0.4, -0.2) is 34.3 Å². The lowest BCUT2D eigenvalue weighted by Gasteiger charge is -2.30. The van der Waals surface area contributed by atoms with Gasteiger partial charge in [-0.2, -0.15) is 5.10 Å². The Balaban J connectivity index is 1.51. The number of halogens is 3. The minimum absolute atomic E-state index is 0.111. The minimum Gasteiger partial charge on any atom is -0.476 e. The maximum atomic E-state index is 15.3. The number of nitrogens with two attached hydrogens (primary N) is 1. The first-order valence-corrected chi connectivity index (χ1v) is 16.6.